The number of hydrogen-bond acceptors (Lipinski definition) is 6. The smallest absolute Gasteiger partial charge is 0.362 e. The van der Waals surface area contributed by atoms with Crippen LogP contribution in [0.25, 0.3) is 0 Å². The SMILES string of the molecule is CCCCCCCCCCC(=O)OC(COCCC(C(=O)O)[N+](C)(C)C)COC(=O)CCCC. The van der Waals surface area contributed by atoms with E-state index in [1.165, 1.54) is 32.1 Å². The minimum Gasteiger partial charge on any atom is -0.477 e. The Labute approximate surface area is 206 Å². The normalized spacial score (nSPS) is 13.3. The summed E-state index contributed by atoms with van der Waals surface area (Å²) >= 11 is 0. The third-order valence-electron chi connectivity index (χ3n) is 5.76. The number of unbranched alkanes of at least 4 members (excludes halogenated alkanes) is 8. The van der Waals surface area contributed by atoms with Crippen molar-refractivity contribution in [3.05, 3.63) is 0 Å². The molecule has 0 aromatic rings. The highest BCUT2D eigenvalue weighted by atomic mass is 16.6. The average molecular weight is 489 g/mol. The fraction of sp³-hybridized carbons (Fsp3) is 0.885. The first kappa shape index (κ1) is 32.3. The van der Waals surface area contributed by atoms with Gasteiger partial charge in [0.25, 0.3) is 0 Å². The van der Waals surface area contributed by atoms with Gasteiger partial charge in [-0.1, -0.05) is 65.2 Å². The predicted molar refractivity (Wildman–Crippen MR) is 132 cm³/mol. The molecule has 0 spiro atoms. The molecule has 0 amide bonds. The molecule has 0 aliphatic rings. The number of carbonyl (C=O) groups is 3. The number of rotatable bonds is 22. The molecule has 8 nitrogen and oxygen atoms in total. The standard InChI is InChI=1S/C26H49NO7/c1-6-8-10-11-12-13-14-15-17-25(29)34-22(21-33-24(28)16-9-7-2)20-32-19-18-23(26(30)31)27(3,4)5/h22-23H,6-21H2,1-5H3/p+1. The zero-order chi connectivity index (χ0) is 25.8. The van der Waals surface area contributed by atoms with Crippen LogP contribution in [0.1, 0.15) is 97.3 Å². The lowest BCUT2D eigenvalue weighted by atomic mass is 10.1. The third-order valence-corrected chi connectivity index (χ3v) is 5.76. The Morgan fingerprint density at radius 2 is 1.32 bits per heavy atom. The molecule has 8 heteroatoms. The van der Waals surface area contributed by atoms with E-state index in [-0.39, 0.29) is 36.2 Å². The van der Waals surface area contributed by atoms with Crippen molar-refractivity contribution in [3.8, 4) is 0 Å². The van der Waals surface area contributed by atoms with Crippen molar-refractivity contribution in [1.29, 1.82) is 0 Å². The van der Waals surface area contributed by atoms with Gasteiger partial charge in [0.2, 0.25) is 0 Å². The van der Waals surface area contributed by atoms with Crippen molar-refractivity contribution in [1.82, 2.24) is 0 Å². The lowest BCUT2D eigenvalue weighted by Crippen LogP contribution is -2.50. The maximum absolute atomic E-state index is 12.3. The second kappa shape index (κ2) is 19.6. The summed E-state index contributed by atoms with van der Waals surface area (Å²) in [4.78, 5) is 35.7. The highest BCUT2D eigenvalue weighted by Crippen LogP contribution is 2.12. The highest BCUT2D eigenvalue weighted by Gasteiger charge is 2.31. The number of carbonyl (C=O) groups excluding carboxylic acids is 2. The van der Waals surface area contributed by atoms with E-state index in [2.05, 4.69) is 6.92 Å². The van der Waals surface area contributed by atoms with Crippen LogP contribution in [0.3, 0.4) is 0 Å². The van der Waals surface area contributed by atoms with E-state index < -0.39 is 18.1 Å². The molecule has 200 valence electrons. The summed E-state index contributed by atoms with van der Waals surface area (Å²) in [7, 11) is 5.47. The minimum atomic E-state index is -0.880. The van der Waals surface area contributed by atoms with Crippen molar-refractivity contribution < 1.29 is 38.2 Å². The summed E-state index contributed by atoms with van der Waals surface area (Å²) in [6.45, 7) is 4.42. The number of nitrogens with zero attached hydrogens (tertiary/aromatic N) is 1. The van der Waals surface area contributed by atoms with Crippen LogP contribution >= 0.6 is 0 Å². The van der Waals surface area contributed by atoms with Crippen LogP contribution in [0, 0.1) is 0 Å². The molecule has 0 aliphatic heterocycles. The summed E-state index contributed by atoms with van der Waals surface area (Å²) in [6.07, 6.45) is 11.1. The molecule has 0 heterocycles. The molecule has 1 N–H and O–H groups in total. The molecular weight excluding hydrogens is 438 g/mol. The molecule has 0 aliphatic carbocycles. The predicted octanol–water partition coefficient (Wildman–Crippen LogP) is 4.73. The van der Waals surface area contributed by atoms with Gasteiger partial charge in [0, 0.05) is 19.3 Å². The Bertz CT molecular complexity index is 560. The van der Waals surface area contributed by atoms with Gasteiger partial charge < -0.3 is 23.8 Å². The van der Waals surface area contributed by atoms with E-state index in [1.54, 1.807) is 0 Å². The van der Waals surface area contributed by atoms with Gasteiger partial charge in [0.1, 0.15) is 6.61 Å². The summed E-state index contributed by atoms with van der Waals surface area (Å²) in [5, 5.41) is 9.43. The lowest BCUT2D eigenvalue weighted by molar-refractivity contribution is -0.887. The first-order valence-corrected chi connectivity index (χ1v) is 13.1. The van der Waals surface area contributed by atoms with E-state index in [4.69, 9.17) is 14.2 Å². The first-order valence-electron chi connectivity index (χ1n) is 13.1. The highest BCUT2D eigenvalue weighted by molar-refractivity contribution is 5.72. The summed E-state index contributed by atoms with van der Waals surface area (Å²) in [5.41, 5.74) is 0. The molecule has 0 rings (SSSR count). The van der Waals surface area contributed by atoms with Gasteiger partial charge in [-0.15, -0.1) is 0 Å². The topological polar surface area (TPSA) is 99.1 Å². The van der Waals surface area contributed by atoms with Crippen LogP contribution in [-0.4, -0.2) is 80.6 Å². The summed E-state index contributed by atoms with van der Waals surface area (Å²) in [5.74, 6) is -1.52. The molecule has 0 bridgehead atoms. The zero-order valence-electron chi connectivity index (χ0n) is 22.3. The number of likely N-dealkylation sites (N-methyl/N-ethyl adjacent to an activating group) is 1. The Morgan fingerprint density at radius 3 is 1.88 bits per heavy atom. The average Bonchev–Trinajstić information content (AvgIpc) is 2.76. The molecule has 0 saturated heterocycles. The quantitative estimate of drug-likeness (QED) is 0.134. The van der Waals surface area contributed by atoms with Crippen molar-refractivity contribution >= 4 is 17.9 Å². The fourth-order valence-corrected chi connectivity index (χ4v) is 3.60. The number of carboxylic acid groups (broad SMARTS) is 1. The number of esters is 2. The Balaban J connectivity index is 4.47. The molecule has 2 unspecified atom stereocenters. The van der Waals surface area contributed by atoms with Gasteiger partial charge in [0.15, 0.2) is 12.1 Å². The van der Waals surface area contributed by atoms with Gasteiger partial charge in [-0.3, -0.25) is 9.59 Å². The van der Waals surface area contributed by atoms with E-state index in [1.807, 2.05) is 28.1 Å². The van der Waals surface area contributed by atoms with Crippen LogP contribution in [0.15, 0.2) is 0 Å². The second-order valence-corrected chi connectivity index (χ2v) is 9.96. The monoisotopic (exact) mass is 488 g/mol. The van der Waals surface area contributed by atoms with Crippen molar-refractivity contribution in [2.24, 2.45) is 0 Å². The molecule has 0 aromatic carbocycles. The molecule has 2 atom stereocenters. The van der Waals surface area contributed by atoms with E-state index >= 15 is 0 Å². The first-order chi connectivity index (χ1) is 16.1. The van der Waals surface area contributed by atoms with Gasteiger partial charge in [-0.25, -0.2) is 4.79 Å². The van der Waals surface area contributed by atoms with Crippen LogP contribution in [0.2, 0.25) is 0 Å². The third kappa shape index (κ3) is 17.8. The zero-order valence-corrected chi connectivity index (χ0v) is 22.3. The Morgan fingerprint density at radius 1 is 0.765 bits per heavy atom. The summed E-state index contributed by atoms with van der Waals surface area (Å²) < 4.78 is 16.7. The van der Waals surface area contributed by atoms with Crippen molar-refractivity contribution in [2.45, 2.75) is 109 Å². The molecule has 0 fully saturated rings. The maximum atomic E-state index is 12.3. The van der Waals surface area contributed by atoms with Gasteiger partial charge in [-0.05, 0) is 12.8 Å². The Hall–Kier alpha value is -1.67. The number of carboxylic acids is 1. The van der Waals surface area contributed by atoms with Gasteiger partial charge >= 0.3 is 17.9 Å². The van der Waals surface area contributed by atoms with E-state index in [0.29, 0.717) is 19.3 Å². The van der Waals surface area contributed by atoms with Crippen LogP contribution in [0.4, 0.5) is 0 Å². The number of quaternary nitrogens is 1. The minimum absolute atomic E-state index is 0.0522. The summed E-state index contributed by atoms with van der Waals surface area (Å²) in [6, 6.07) is -0.602. The number of aliphatic carboxylic acids is 1. The van der Waals surface area contributed by atoms with E-state index in [9.17, 15) is 19.5 Å². The number of ether oxygens (including phenoxy) is 3. The molecule has 0 saturated carbocycles. The molecule has 0 radical (unpaired) electrons. The largest absolute Gasteiger partial charge is 0.477 e. The van der Waals surface area contributed by atoms with Crippen LogP contribution in [0.5, 0.6) is 0 Å². The van der Waals surface area contributed by atoms with Crippen molar-refractivity contribution in [2.75, 3.05) is 41.0 Å². The fourth-order valence-electron chi connectivity index (χ4n) is 3.60. The van der Waals surface area contributed by atoms with Gasteiger partial charge in [0.05, 0.1) is 34.4 Å². The maximum Gasteiger partial charge on any atom is 0.362 e. The van der Waals surface area contributed by atoms with Crippen molar-refractivity contribution in [3.63, 3.8) is 0 Å². The van der Waals surface area contributed by atoms with Crippen LogP contribution in [-0.2, 0) is 28.6 Å². The lowest BCUT2D eigenvalue weighted by Gasteiger charge is -2.31. The molecule has 34 heavy (non-hydrogen) atoms. The molecular formula is C26H50NO7+. The second-order valence-electron chi connectivity index (χ2n) is 9.96. The Kier molecular flexibility index (Phi) is 18.7. The van der Waals surface area contributed by atoms with Gasteiger partial charge in [-0.2, -0.15) is 0 Å². The van der Waals surface area contributed by atoms with Crippen LogP contribution < -0.4 is 0 Å². The van der Waals surface area contributed by atoms with E-state index in [0.717, 1.165) is 32.1 Å². The number of hydrogen-bond donors (Lipinski definition) is 1. The molecule has 0 aromatic heterocycles.